The molecule has 1 amide bonds. The van der Waals surface area contributed by atoms with E-state index in [4.69, 9.17) is 22.1 Å². The number of hydrogen-bond acceptors (Lipinski definition) is 11. The van der Waals surface area contributed by atoms with Crippen LogP contribution in [0.2, 0.25) is 0 Å². The minimum absolute atomic E-state index is 0.0254. The van der Waals surface area contributed by atoms with Gasteiger partial charge in [0.1, 0.15) is 27.0 Å². The third-order valence-electron chi connectivity index (χ3n) is 5.91. The molecule has 2 aliphatic heterocycles. The van der Waals surface area contributed by atoms with Gasteiger partial charge >= 0.3 is 11.9 Å². The summed E-state index contributed by atoms with van der Waals surface area (Å²) in [5, 5.41) is 18.5. The number of allylic oxidation sites excluding steroid dienone is 3. The van der Waals surface area contributed by atoms with Crippen LogP contribution < -0.4 is 24.4 Å². The van der Waals surface area contributed by atoms with Gasteiger partial charge in [0.25, 0.3) is 21.6 Å². The zero-order valence-corrected chi connectivity index (χ0v) is 25.0. The van der Waals surface area contributed by atoms with E-state index in [-0.39, 0.29) is 30.8 Å². The number of thiocarbonyl (C=S) groups is 1. The average molecular weight is 654 g/mol. The summed E-state index contributed by atoms with van der Waals surface area (Å²) in [5.41, 5.74) is 0.558. The van der Waals surface area contributed by atoms with Crippen LogP contribution in [0.1, 0.15) is 13.3 Å². The number of amides is 1. The number of carboxylic acids is 2. The third-order valence-corrected chi connectivity index (χ3v) is 9.31. The highest BCUT2D eigenvalue weighted by Crippen LogP contribution is 2.38. The summed E-state index contributed by atoms with van der Waals surface area (Å²) in [6.07, 6.45) is 5.19. The smallest absolute Gasteiger partial charge is 0.323 e. The summed E-state index contributed by atoms with van der Waals surface area (Å²) in [6, 6.07) is 6.94. The molecule has 2 aliphatic rings. The second-order valence-electron chi connectivity index (χ2n) is 8.79. The largest absolute Gasteiger partial charge is 0.480 e. The van der Waals surface area contributed by atoms with Crippen LogP contribution in [0.4, 0.5) is 5.69 Å². The lowest BCUT2D eigenvalue weighted by Gasteiger charge is -2.17. The molecule has 4 rings (SSSR count). The number of ether oxygens (including phenoxy) is 1. The molecule has 0 atom stereocenters. The summed E-state index contributed by atoms with van der Waals surface area (Å²) in [6.45, 7) is 0.330. The second kappa shape index (κ2) is 12.6. The Morgan fingerprint density at radius 1 is 1.10 bits per heavy atom. The van der Waals surface area contributed by atoms with Crippen molar-refractivity contribution in [3.63, 3.8) is 0 Å². The molecule has 0 saturated carbocycles. The lowest BCUT2D eigenvalue weighted by Crippen LogP contribution is -2.36. The van der Waals surface area contributed by atoms with Gasteiger partial charge in [-0.05, 0) is 36.3 Å². The van der Waals surface area contributed by atoms with E-state index >= 15 is 0 Å². The molecule has 42 heavy (non-hydrogen) atoms. The molecule has 222 valence electrons. The zero-order chi connectivity index (χ0) is 30.8. The van der Waals surface area contributed by atoms with Crippen molar-refractivity contribution in [3.8, 4) is 5.75 Å². The number of thiazole rings is 1. The fraction of sp³-hybridized carbons (Fsp3) is 0.240. The van der Waals surface area contributed by atoms with E-state index < -0.39 is 52.4 Å². The Labute approximate surface area is 252 Å². The molecule has 1 fully saturated rings. The molecule has 13 nitrogen and oxygen atoms in total. The number of hydrogen-bond donors (Lipinski definition) is 3. The van der Waals surface area contributed by atoms with E-state index in [1.54, 1.807) is 41.3 Å². The number of carbonyl (C=O) groups is 3. The van der Waals surface area contributed by atoms with Gasteiger partial charge in [0, 0.05) is 6.54 Å². The SMILES string of the molecule is CCC(=CC=C1Oc2ccccc2N1CCS(=O)(=O)O)C=c1s/c(=C2/SC(=S)N(CC(=O)O)C2=O)n(CC(=O)O)c1=O. The van der Waals surface area contributed by atoms with Crippen molar-refractivity contribution in [1.29, 1.82) is 0 Å². The number of carboxylic acid groups (broad SMARTS) is 2. The first-order chi connectivity index (χ1) is 19.8. The van der Waals surface area contributed by atoms with Gasteiger partial charge in [0.05, 0.1) is 16.0 Å². The number of aliphatic carboxylic acids is 2. The molecule has 1 saturated heterocycles. The predicted molar refractivity (Wildman–Crippen MR) is 160 cm³/mol. The molecule has 0 bridgehead atoms. The Morgan fingerprint density at radius 3 is 2.43 bits per heavy atom. The van der Waals surface area contributed by atoms with Crippen molar-refractivity contribution in [2.75, 3.05) is 23.7 Å². The monoisotopic (exact) mass is 653 g/mol. The molecule has 17 heteroatoms. The van der Waals surface area contributed by atoms with E-state index in [9.17, 15) is 37.3 Å². The number of rotatable bonds is 10. The van der Waals surface area contributed by atoms with Gasteiger partial charge in [0.2, 0.25) is 5.88 Å². The van der Waals surface area contributed by atoms with Gasteiger partial charge in [-0.15, -0.1) is 11.3 Å². The molecular formula is C25H23N3O10S4. The van der Waals surface area contributed by atoms with E-state index in [2.05, 4.69) is 0 Å². The van der Waals surface area contributed by atoms with Crippen molar-refractivity contribution in [3.05, 3.63) is 67.4 Å². The molecule has 0 radical (unpaired) electrons. The summed E-state index contributed by atoms with van der Waals surface area (Å²) < 4.78 is 38.9. The molecular weight excluding hydrogens is 631 g/mol. The molecule has 0 spiro atoms. The Hall–Kier alpha value is -3.77. The highest BCUT2D eigenvalue weighted by atomic mass is 32.2. The van der Waals surface area contributed by atoms with Gasteiger partial charge in [-0.3, -0.25) is 33.2 Å². The number of nitrogens with zero attached hydrogens (tertiary/aromatic N) is 3. The van der Waals surface area contributed by atoms with Crippen molar-refractivity contribution < 1.29 is 42.3 Å². The van der Waals surface area contributed by atoms with Crippen molar-refractivity contribution in [2.24, 2.45) is 0 Å². The molecule has 1 aromatic carbocycles. The summed E-state index contributed by atoms with van der Waals surface area (Å²) in [5.74, 6) is -3.11. The van der Waals surface area contributed by atoms with Gasteiger partial charge in [-0.1, -0.05) is 49.1 Å². The first-order valence-corrected chi connectivity index (χ1v) is 15.8. The molecule has 3 heterocycles. The summed E-state index contributed by atoms with van der Waals surface area (Å²) in [4.78, 5) is 51.3. The second-order valence-corrected chi connectivity index (χ2v) is 13.0. The number of anilines is 1. The van der Waals surface area contributed by atoms with Crippen LogP contribution in [0.25, 0.3) is 11.0 Å². The van der Waals surface area contributed by atoms with Crippen LogP contribution in [0.3, 0.4) is 0 Å². The Bertz CT molecular complexity index is 1840. The summed E-state index contributed by atoms with van der Waals surface area (Å²) in [7, 11) is -4.24. The first kappa shape index (κ1) is 31.2. The van der Waals surface area contributed by atoms with Crippen LogP contribution in [0.15, 0.2) is 52.7 Å². The number of thioether (sulfide) groups is 1. The lowest BCUT2D eigenvalue weighted by atomic mass is 10.2. The van der Waals surface area contributed by atoms with Crippen LogP contribution in [0, 0.1) is 0 Å². The van der Waals surface area contributed by atoms with E-state index in [0.717, 1.165) is 32.6 Å². The Balaban J connectivity index is 1.78. The maximum atomic E-state index is 13.3. The Kier molecular flexibility index (Phi) is 9.37. The van der Waals surface area contributed by atoms with E-state index in [1.165, 1.54) is 6.08 Å². The maximum absolute atomic E-state index is 13.3. The van der Waals surface area contributed by atoms with Crippen LogP contribution in [0.5, 0.6) is 5.75 Å². The van der Waals surface area contributed by atoms with Gasteiger partial charge < -0.3 is 19.8 Å². The normalized spacial score (nSPS) is 18.2. The van der Waals surface area contributed by atoms with Gasteiger partial charge in [0.15, 0.2) is 5.75 Å². The van der Waals surface area contributed by atoms with Crippen LogP contribution in [-0.2, 0) is 31.0 Å². The minimum Gasteiger partial charge on any atom is -0.480 e. The van der Waals surface area contributed by atoms with Gasteiger partial charge in [-0.25, -0.2) is 0 Å². The number of benzene rings is 1. The quantitative estimate of drug-likeness (QED) is 0.242. The van der Waals surface area contributed by atoms with Crippen LogP contribution in [-0.4, -0.2) is 73.7 Å². The topological polar surface area (TPSA) is 184 Å². The fourth-order valence-corrected chi connectivity index (χ4v) is 6.94. The highest BCUT2D eigenvalue weighted by molar-refractivity contribution is 8.30. The zero-order valence-electron chi connectivity index (χ0n) is 21.8. The fourth-order valence-electron chi connectivity index (χ4n) is 3.99. The average Bonchev–Trinajstić information content (AvgIpc) is 3.51. The van der Waals surface area contributed by atoms with Crippen LogP contribution >= 0.6 is 35.3 Å². The molecule has 1 aromatic heterocycles. The Morgan fingerprint density at radius 2 is 1.79 bits per heavy atom. The predicted octanol–water partition coefficient (Wildman–Crippen LogP) is 0.793. The standard InChI is InChI=1S/C25H23N3O10S4/c1-2-14(7-8-18-26(9-10-42(35,36)37)15-5-3-4-6-16(15)38-18)11-17-22(33)27(12-19(29)30)24(40-17)21-23(34)28(13-20(31)32)25(39)41-21/h3-8,11H,2,9-10,12-13H2,1H3,(H,29,30)(H,31,32)(H,35,36,37)/b14-7?,17-11?,18-8?,24-21+. The molecule has 0 aliphatic carbocycles. The maximum Gasteiger partial charge on any atom is 0.323 e. The van der Waals surface area contributed by atoms with Crippen molar-refractivity contribution >= 4 is 84.3 Å². The van der Waals surface area contributed by atoms with E-state index in [0.29, 0.717) is 23.4 Å². The van der Waals surface area contributed by atoms with Crippen molar-refractivity contribution in [2.45, 2.75) is 19.9 Å². The number of carbonyl (C=O) groups excluding carboxylic acids is 1. The molecule has 2 aromatic rings. The highest BCUT2D eigenvalue weighted by Gasteiger charge is 2.35. The van der Waals surface area contributed by atoms with Crippen molar-refractivity contribution in [1.82, 2.24) is 9.47 Å². The number of fused-ring (bicyclic) bond motifs is 1. The molecule has 0 unspecified atom stereocenters. The lowest BCUT2D eigenvalue weighted by molar-refractivity contribution is -0.140. The summed E-state index contributed by atoms with van der Waals surface area (Å²) >= 11 is 6.80. The number of para-hydroxylation sites is 2. The van der Waals surface area contributed by atoms with E-state index in [1.807, 2.05) is 6.92 Å². The molecule has 3 N–H and O–H groups in total. The first-order valence-electron chi connectivity index (χ1n) is 12.1. The minimum atomic E-state index is -4.24. The third kappa shape index (κ3) is 6.99. The van der Waals surface area contributed by atoms with Gasteiger partial charge in [-0.2, -0.15) is 8.42 Å². The number of aromatic nitrogens is 1.